The van der Waals surface area contributed by atoms with E-state index in [-0.39, 0.29) is 17.9 Å². The number of rotatable bonds is 41. The molecule has 52 heavy (non-hydrogen) atoms. The van der Waals surface area contributed by atoms with Crippen LogP contribution in [0.4, 0.5) is 0 Å². The molecular formula is C43H84N2O7. The van der Waals surface area contributed by atoms with Crippen molar-refractivity contribution in [3.05, 3.63) is 0 Å². The second kappa shape index (κ2) is 40.5. The molecule has 308 valence electrons. The van der Waals surface area contributed by atoms with Crippen molar-refractivity contribution in [2.75, 3.05) is 74.3 Å². The highest BCUT2D eigenvalue weighted by atomic mass is 16.5. The maximum atomic E-state index is 12.1. The molecule has 0 heterocycles. The minimum Gasteiger partial charge on any atom is -0.469 e. The Morgan fingerprint density at radius 2 is 0.673 bits per heavy atom. The van der Waals surface area contributed by atoms with E-state index in [1.54, 1.807) is 7.11 Å². The first kappa shape index (κ1) is 50.3. The first-order chi connectivity index (χ1) is 25.4. The molecule has 9 nitrogen and oxygen atoms in total. The third kappa shape index (κ3) is 39.5. The number of hydrogen-bond acceptors (Lipinski definition) is 9. The molecule has 0 aliphatic rings. The van der Waals surface area contributed by atoms with E-state index < -0.39 is 0 Å². The molecule has 0 amide bonds. The molecule has 0 rings (SSSR count). The van der Waals surface area contributed by atoms with E-state index in [1.165, 1.54) is 110 Å². The molecule has 0 saturated heterocycles. The zero-order valence-corrected chi connectivity index (χ0v) is 34.7. The Bertz CT molecular complexity index is 795. The molecule has 0 aliphatic carbocycles. The van der Waals surface area contributed by atoms with Crippen LogP contribution in [0.1, 0.15) is 186 Å². The molecule has 0 saturated carbocycles. The number of esters is 3. The van der Waals surface area contributed by atoms with Gasteiger partial charge in [-0.25, -0.2) is 0 Å². The van der Waals surface area contributed by atoms with Crippen LogP contribution in [0, 0.1) is 0 Å². The van der Waals surface area contributed by atoms with Gasteiger partial charge in [0.25, 0.3) is 0 Å². The largest absolute Gasteiger partial charge is 0.469 e. The molecule has 0 radical (unpaired) electrons. The minimum absolute atomic E-state index is 0.0241. The molecule has 9 heteroatoms. The monoisotopic (exact) mass is 741 g/mol. The van der Waals surface area contributed by atoms with Crippen molar-refractivity contribution in [3.8, 4) is 0 Å². The van der Waals surface area contributed by atoms with Crippen molar-refractivity contribution in [1.29, 1.82) is 0 Å². The van der Waals surface area contributed by atoms with Crippen molar-refractivity contribution >= 4 is 17.9 Å². The Kier molecular flexibility index (Phi) is 39.1. The van der Waals surface area contributed by atoms with Crippen molar-refractivity contribution in [2.45, 2.75) is 186 Å². The lowest BCUT2D eigenvalue weighted by molar-refractivity contribution is -0.144. The van der Waals surface area contributed by atoms with Crippen molar-refractivity contribution in [2.24, 2.45) is 0 Å². The lowest BCUT2D eigenvalue weighted by atomic mass is 10.1. The van der Waals surface area contributed by atoms with Crippen LogP contribution in [-0.2, 0) is 33.3 Å². The van der Waals surface area contributed by atoms with Crippen LogP contribution in [0.5, 0.6) is 0 Å². The molecular weight excluding hydrogens is 656 g/mol. The van der Waals surface area contributed by atoms with Gasteiger partial charge in [0, 0.05) is 33.0 Å². The first-order valence-electron chi connectivity index (χ1n) is 21.6. The van der Waals surface area contributed by atoms with E-state index in [9.17, 15) is 14.4 Å². The molecule has 0 aromatic carbocycles. The number of nitrogens with zero attached hydrogens (tertiary/aromatic N) is 2. The van der Waals surface area contributed by atoms with Crippen LogP contribution in [0.25, 0.3) is 0 Å². The number of carbonyl (C=O) groups is 3. The van der Waals surface area contributed by atoms with Crippen molar-refractivity contribution in [3.63, 3.8) is 0 Å². The fraction of sp³-hybridized carbons (Fsp3) is 0.930. The van der Waals surface area contributed by atoms with Gasteiger partial charge in [-0.2, -0.15) is 0 Å². The molecule has 0 spiro atoms. The van der Waals surface area contributed by atoms with Gasteiger partial charge in [0.1, 0.15) is 0 Å². The summed E-state index contributed by atoms with van der Waals surface area (Å²) in [6, 6.07) is 0. The SMILES string of the molecule is COCCCCCCCCCOC(=O)CCCCCCCN(CCCCCCCC(=O)OCCCCCCCCC(=O)OC)CCCCCN(C)C. The van der Waals surface area contributed by atoms with E-state index >= 15 is 0 Å². The van der Waals surface area contributed by atoms with Crippen LogP contribution in [-0.4, -0.2) is 102 Å². The van der Waals surface area contributed by atoms with E-state index in [2.05, 4.69) is 28.6 Å². The summed E-state index contributed by atoms with van der Waals surface area (Å²) in [6.45, 7) is 6.66. The van der Waals surface area contributed by atoms with E-state index in [4.69, 9.17) is 14.2 Å². The third-order valence-corrected chi connectivity index (χ3v) is 9.81. The topological polar surface area (TPSA) is 94.6 Å². The molecule has 0 bridgehead atoms. The molecule has 0 N–H and O–H groups in total. The average Bonchev–Trinajstić information content (AvgIpc) is 3.13. The normalized spacial score (nSPS) is 11.4. The van der Waals surface area contributed by atoms with Gasteiger partial charge in [0.15, 0.2) is 0 Å². The molecule has 0 fully saturated rings. The summed E-state index contributed by atoms with van der Waals surface area (Å²) in [5.41, 5.74) is 0. The van der Waals surface area contributed by atoms with E-state index in [0.717, 1.165) is 96.6 Å². The van der Waals surface area contributed by atoms with Gasteiger partial charge < -0.3 is 28.7 Å². The summed E-state index contributed by atoms with van der Waals surface area (Å²) in [7, 11) is 7.49. The van der Waals surface area contributed by atoms with Gasteiger partial charge >= 0.3 is 17.9 Å². The van der Waals surface area contributed by atoms with Gasteiger partial charge in [-0.1, -0.05) is 103 Å². The standard InChI is InChI=1S/C43H84N2O7/c1-44(2)34-24-20-27-37-45(35-25-15-10-13-22-32-42(47)51-39-29-18-8-5-7-17-28-38-49-3)36-26-16-11-14-23-33-43(48)52-40-30-19-9-6-12-21-31-41(46)50-4/h5-40H2,1-4H3. The number of unbranched alkanes of at least 4 members (excludes halogenated alkanes) is 21. The van der Waals surface area contributed by atoms with E-state index in [1.807, 2.05) is 0 Å². The Labute approximate surface area is 321 Å². The predicted octanol–water partition coefficient (Wildman–Crippen LogP) is 10.1. The summed E-state index contributed by atoms with van der Waals surface area (Å²) >= 11 is 0. The lowest BCUT2D eigenvalue weighted by Crippen LogP contribution is -2.27. The highest BCUT2D eigenvalue weighted by molar-refractivity contribution is 5.69. The molecule has 0 atom stereocenters. The lowest BCUT2D eigenvalue weighted by Gasteiger charge is -2.22. The smallest absolute Gasteiger partial charge is 0.305 e. The van der Waals surface area contributed by atoms with Gasteiger partial charge in [-0.05, 0) is 104 Å². The number of carbonyl (C=O) groups excluding carboxylic acids is 3. The summed E-state index contributed by atoms with van der Waals surface area (Å²) in [4.78, 5) is 40.2. The fourth-order valence-corrected chi connectivity index (χ4v) is 6.48. The van der Waals surface area contributed by atoms with Crippen LogP contribution in [0.2, 0.25) is 0 Å². The molecule has 0 aliphatic heterocycles. The zero-order valence-electron chi connectivity index (χ0n) is 34.7. The van der Waals surface area contributed by atoms with Gasteiger partial charge in [-0.3, -0.25) is 14.4 Å². The highest BCUT2D eigenvalue weighted by Gasteiger charge is 2.08. The quantitative estimate of drug-likeness (QED) is 0.0345. The Morgan fingerprint density at radius 3 is 1.06 bits per heavy atom. The minimum atomic E-state index is -0.130. The third-order valence-electron chi connectivity index (χ3n) is 9.81. The number of hydrogen-bond donors (Lipinski definition) is 0. The van der Waals surface area contributed by atoms with Crippen LogP contribution >= 0.6 is 0 Å². The number of methoxy groups -OCH3 is 2. The van der Waals surface area contributed by atoms with E-state index in [0.29, 0.717) is 32.5 Å². The fourth-order valence-electron chi connectivity index (χ4n) is 6.48. The summed E-state index contributed by atoms with van der Waals surface area (Å²) in [6.07, 6.45) is 31.2. The Morgan fingerprint density at radius 1 is 0.365 bits per heavy atom. The summed E-state index contributed by atoms with van der Waals surface area (Å²) < 4.78 is 20.6. The van der Waals surface area contributed by atoms with Crippen molar-refractivity contribution in [1.82, 2.24) is 9.80 Å². The predicted molar refractivity (Wildman–Crippen MR) is 215 cm³/mol. The first-order valence-corrected chi connectivity index (χ1v) is 21.6. The van der Waals surface area contributed by atoms with Crippen molar-refractivity contribution < 1.29 is 33.3 Å². The second-order valence-electron chi connectivity index (χ2n) is 15.1. The van der Waals surface area contributed by atoms with Gasteiger partial charge in [-0.15, -0.1) is 0 Å². The maximum Gasteiger partial charge on any atom is 0.305 e. The van der Waals surface area contributed by atoms with Crippen LogP contribution in [0.3, 0.4) is 0 Å². The molecule has 0 unspecified atom stereocenters. The van der Waals surface area contributed by atoms with Crippen LogP contribution in [0.15, 0.2) is 0 Å². The number of ether oxygens (including phenoxy) is 4. The average molecular weight is 741 g/mol. The van der Waals surface area contributed by atoms with Gasteiger partial charge in [0.05, 0.1) is 20.3 Å². The molecule has 0 aromatic rings. The Balaban J connectivity index is 3.89. The molecule has 0 aromatic heterocycles. The highest BCUT2D eigenvalue weighted by Crippen LogP contribution is 2.13. The summed E-state index contributed by atoms with van der Waals surface area (Å²) in [5, 5.41) is 0. The summed E-state index contributed by atoms with van der Waals surface area (Å²) in [5.74, 6) is -0.209. The zero-order chi connectivity index (χ0) is 38.2. The van der Waals surface area contributed by atoms with Gasteiger partial charge in [0.2, 0.25) is 0 Å². The Hall–Kier alpha value is -1.71. The maximum absolute atomic E-state index is 12.1. The van der Waals surface area contributed by atoms with Crippen LogP contribution < -0.4 is 0 Å². The second-order valence-corrected chi connectivity index (χ2v) is 15.1.